The number of amides is 1. The molecule has 6 N–H and O–H groups in total. The van der Waals surface area contributed by atoms with Gasteiger partial charge in [0.05, 0.1) is 25.4 Å². The highest BCUT2D eigenvalue weighted by Crippen LogP contribution is 2.22. The number of rotatable bonds is 25. The van der Waals surface area contributed by atoms with Crippen molar-refractivity contribution in [3.63, 3.8) is 0 Å². The van der Waals surface area contributed by atoms with Crippen LogP contribution < -0.4 is 5.32 Å². The van der Waals surface area contributed by atoms with Crippen LogP contribution in [-0.4, -0.2) is 87.5 Å². The van der Waals surface area contributed by atoms with Crippen molar-refractivity contribution in [3.8, 4) is 0 Å². The number of hydrogen-bond donors (Lipinski definition) is 6. The molecular weight excluding hydrogens is 514 g/mol. The molecule has 9 heteroatoms. The fraction of sp³-hybridized carbons (Fsp3) is 0.968. The average Bonchev–Trinajstić information content (AvgIpc) is 2.95. The molecule has 0 saturated carbocycles. The summed E-state index contributed by atoms with van der Waals surface area (Å²) in [4.78, 5) is 12.7. The van der Waals surface area contributed by atoms with E-state index in [0.717, 1.165) is 38.5 Å². The van der Waals surface area contributed by atoms with Crippen molar-refractivity contribution in [2.45, 2.75) is 179 Å². The molecule has 40 heavy (non-hydrogen) atoms. The highest BCUT2D eigenvalue weighted by Gasteiger charge is 2.44. The van der Waals surface area contributed by atoms with Crippen LogP contribution in [0, 0.1) is 0 Å². The Balaban J connectivity index is 2.32. The number of carbonyl (C=O) groups is 1. The molecule has 0 aromatic heterocycles. The van der Waals surface area contributed by atoms with Crippen LogP contribution in [0.25, 0.3) is 0 Å². The predicted molar refractivity (Wildman–Crippen MR) is 157 cm³/mol. The third-order valence-corrected chi connectivity index (χ3v) is 7.96. The summed E-state index contributed by atoms with van der Waals surface area (Å²) in [5.74, 6) is -0.157. The Morgan fingerprint density at radius 2 is 1.25 bits per heavy atom. The van der Waals surface area contributed by atoms with Gasteiger partial charge in [0.2, 0.25) is 5.91 Å². The summed E-state index contributed by atoms with van der Waals surface area (Å²) in [5.41, 5.74) is 0. The first-order chi connectivity index (χ1) is 19.3. The molecule has 0 aromatic rings. The van der Waals surface area contributed by atoms with E-state index in [0.29, 0.717) is 12.8 Å². The molecule has 1 saturated heterocycles. The van der Waals surface area contributed by atoms with E-state index >= 15 is 0 Å². The molecule has 1 rings (SSSR count). The summed E-state index contributed by atoms with van der Waals surface area (Å²) in [6.07, 6.45) is 13.4. The number of unbranched alkanes of at least 4 members (excludes halogenated alkanes) is 15. The van der Waals surface area contributed by atoms with Crippen LogP contribution in [0.2, 0.25) is 0 Å². The summed E-state index contributed by atoms with van der Waals surface area (Å²) in [6.45, 7) is 3.63. The SMILES string of the molecule is CCCCCCCCCCCCCCCCC(=O)NC(COC1OC(CO)C(O)C(O)C1O)C(O)CCCCC. The van der Waals surface area contributed by atoms with Gasteiger partial charge in [-0.2, -0.15) is 0 Å². The van der Waals surface area contributed by atoms with Crippen molar-refractivity contribution in [1.82, 2.24) is 5.32 Å². The van der Waals surface area contributed by atoms with Gasteiger partial charge in [-0.05, 0) is 12.8 Å². The van der Waals surface area contributed by atoms with Crippen LogP contribution in [-0.2, 0) is 14.3 Å². The number of aliphatic hydroxyl groups excluding tert-OH is 5. The standard InChI is InChI=1S/C31H61NO8/c1-3-5-7-8-9-10-11-12-13-14-15-16-17-19-21-27(35)32-24(25(34)20-18-6-4-2)23-39-31-30(38)29(37)28(36)26(22-33)40-31/h24-26,28-31,33-34,36-38H,3-23H2,1-2H3,(H,32,35). The van der Waals surface area contributed by atoms with Crippen LogP contribution in [0.15, 0.2) is 0 Å². The van der Waals surface area contributed by atoms with Crippen molar-refractivity contribution in [3.05, 3.63) is 0 Å². The second-order valence-electron chi connectivity index (χ2n) is 11.6. The zero-order valence-electron chi connectivity index (χ0n) is 25.4. The number of aliphatic hydroxyl groups is 5. The lowest BCUT2D eigenvalue weighted by atomic mass is 9.99. The van der Waals surface area contributed by atoms with Crippen molar-refractivity contribution >= 4 is 5.91 Å². The molecule has 238 valence electrons. The van der Waals surface area contributed by atoms with Gasteiger partial charge in [-0.1, -0.05) is 117 Å². The van der Waals surface area contributed by atoms with Gasteiger partial charge in [-0.15, -0.1) is 0 Å². The molecule has 0 bridgehead atoms. The average molecular weight is 576 g/mol. The molecule has 1 fully saturated rings. The molecule has 1 heterocycles. The number of hydrogen-bond acceptors (Lipinski definition) is 8. The Bertz CT molecular complexity index is 608. The Morgan fingerprint density at radius 3 is 1.77 bits per heavy atom. The second kappa shape index (κ2) is 23.7. The van der Waals surface area contributed by atoms with Gasteiger partial charge in [-0.25, -0.2) is 0 Å². The molecule has 0 radical (unpaired) electrons. The normalized spacial score (nSPS) is 24.6. The van der Waals surface area contributed by atoms with E-state index < -0.39 is 49.5 Å². The Labute approximate surface area is 243 Å². The fourth-order valence-electron chi connectivity index (χ4n) is 5.22. The van der Waals surface area contributed by atoms with Crippen molar-refractivity contribution < 1.29 is 39.8 Å². The number of ether oxygens (including phenoxy) is 2. The first-order valence-electron chi connectivity index (χ1n) is 16.2. The zero-order chi connectivity index (χ0) is 29.6. The second-order valence-corrected chi connectivity index (χ2v) is 11.6. The van der Waals surface area contributed by atoms with Gasteiger partial charge in [-0.3, -0.25) is 4.79 Å². The van der Waals surface area contributed by atoms with Crippen LogP contribution in [0.5, 0.6) is 0 Å². The summed E-state index contributed by atoms with van der Waals surface area (Å²) in [6, 6.07) is -0.705. The third kappa shape index (κ3) is 16.0. The molecule has 7 atom stereocenters. The minimum atomic E-state index is -1.54. The molecule has 0 spiro atoms. The molecule has 0 aliphatic carbocycles. The van der Waals surface area contributed by atoms with E-state index in [1.54, 1.807) is 0 Å². The van der Waals surface area contributed by atoms with Crippen LogP contribution in [0.3, 0.4) is 0 Å². The maximum atomic E-state index is 12.7. The summed E-state index contributed by atoms with van der Waals surface area (Å²) in [5, 5.41) is 53.2. The van der Waals surface area contributed by atoms with E-state index in [1.165, 1.54) is 70.6 Å². The topological polar surface area (TPSA) is 149 Å². The summed E-state index contributed by atoms with van der Waals surface area (Å²) < 4.78 is 11.0. The maximum Gasteiger partial charge on any atom is 0.220 e. The largest absolute Gasteiger partial charge is 0.394 e. The molecule has 9 nitrogen and oxygen atoms in total. The van der Waals surface area contributed by atoms with E-state index in [4.69, 9.17) is 9.47 Å². The van der Waals surface area contributed by atoms with Crippen LogP contribution in [0.1, 0.15) is 136 Å². The van der Waals surface area contributed by atoms with E-state index in [9.17, 15) is 30.3 Å². The van der Waals surface area contributed by atoms with Gasteiger partial charge in [0.1, 0.15) is 24.4 Å². The molecule has 0 aromatic carbocycles. The quantitative estimate of drug-likeness (QED) is 0.0892. The van der Waals surface area contributed by atoms with Crippen LogP contribution in [0.4, 0.5) is 0 Å². The Hall–Kier alpha value is -0.810. The van der Waals surface area contributed by atoms with Crippen molar-refractivity contribution in [2.24, 2.45) is 0 Å². The number of carbonyl (C=O) groups excluding carboxylic acids is 1. The highest BCUT2D eigenvalue weighted by atomic mass is 16.7. The lowest BCUT2D eigenvalue weighted by molar-refractivity contribution is -0.302. The molecular formula is C31H61NO8. The van der Waals surface area contributed by atoms with Gasteiger partial charge in [0, 0.05) is 6.42 Å². The smallest absolute Gasteiger partial charge is 0.220 e. The van der Waals surface area contributed by atoms with E-state index in [1.807, 2.05) is 0 Å². The monoisotopic (exact) mass is 575 g/mol. The minimum Gasteiger partial charge on any atom is -0.394 e. The van der Waals surface area contributed by atoms with Crippen molar-refractivity contribution in [2.75, 3.05) is 13.2 Å². The lowest BCUT2D eigenvalue weighted by Crippen LogP contribution is -2.60. The molecule has 7 unspecified atom stereocenters. The molecule has 1 aliphatic rings. The Morgan fingerprint density at radius 1 is 0.750 bits per heavy atom. The van der Waals surface area contributed by atoms with Gasteiger partial charge in [0.25, 0.3) is 0 Å². The minimum absolute atomic E-state index is 0.138. The molecule has 1 aliphatic heterocycles. The van der Waals surface area contributed by atoms with Crippen molar-refractivity contribution in [1.29, 1.82) is 0 Å². The van der Waals surface area contributed by atoms with Gasteiger partial charge in [0.15, 0.2) is 6.29 Å². The maximum absolute atomic E-state index is 12.7. The van der Waals surface area contributed by atoms with E-state index in [2.05, 4.69) is 19.2 Å². The third-order valence-electron chi connectivity index (χ3n) is 7.96. The molecule has 1 amide bonds. The summed E-state index contributed by atoms with van der Waals surface area (Å²) >= 11 is 0. The van der Waals surface area contributed by atoms with Crippen LogP contribution >= 0.6 is 0 Å². The predicted octanol–water partition coefficient (Wildman–Crippen LogP) is 4.10. The van der Waals surface area contributed by atoms with Gasteiger partial charge < -0.3 is 40.3 Å². The fourth-order valence-corrected chi connectivity index (χ4v) is 5.22. The lowest BCUT2D eigenvalue weighted by Gasteiger charge is -2.40. The highest BCUT2D eigenvalue weighted by molar-refractivity contribution is 5.76. The summed E-state index contributed by atoms with van der Waals surface area (Å²) in [7, 11) is 0. The van der Waals surface area contributed by atoms with Gasteiger partial charge >= 0.3 is 0 Å². The first-order valence-corrected chi connectivity index (χ1v) is 16.2. The van der Waals surface area contributed by atoms with E-state index in [-0.39, 0.29) is 12.5 Å². The zero-order valence-corrected chi connectivity index (χ0v) is 25.4. The first kappa shape index (κ1) is 37.2. The number of nitrogens with one attached hydrogen (secondary N) is 1. The Kier molecular flexibility index (Phi) is 22.1.